The molecular formula is C7H12ClO. The minimum Gasteiger partial charge on any atom is -0.228 e. The number of rotatable bonds is 3. The summed E-state index contributed by atoms with van der Waals surface area (Å²) in [5.74, 6) is 0. The second kappa shape index (κ2) is 3.23. The van der Waals surface area contributed by atoms with Crippen LogP contribution < -0.4 is 0 Å². The molecule has 0 fully saturated rings. The third-order valence-electron chi connectivity index (χ3n) is 1.39. The highest BCUT2D eigenvalue weighted by molar-refractivity contribution is 6.21. The van der Waals surface area contributed by atoms with Gasteiger partial charge in [-0.1, -0.05) is 6.08 Å². The Hall–Kier alpha value is -0.0100. The van der Waals surface area contributed by atoms with Crippen LogP contribution in [0.3, 0.4) is 0 Å². The molecule has 0 heterocycles. The smallest absolute Gasteiger partial charge is 0.120 e. The van der Waals surface area contributed by atoms with Gasteiger partial charge in [0.25, 0.3) is 0 Å². The van der Waals surface area contributed by atoms with E-state index in [4.69, 9.17) is 11.6 Å². The summed E-state index contributed by atoms with van der Waals surface area (Å²) in [6.45, 7) is 6.77. The summed E-state index contributed by atoms with van der Waals surface area (Å²) in [4.78, 5) is 0. The first-order chi connectivity index (χ1) is 4.00. The van der Waals surface area contributed by atoms with Crippen LogP contribution in [0.1, 0.15) is 20.3 Å². The molecule has 2 unspecified atom stereocenters. The largest absolute Gasteiger partial charge is 0.228 e. The van der Waals surface area contributed by atoms with Crippen LogP contribution in [0.2, 0.25) is 0 Å². The van der Waals surface area contributed by atoms with Gasteiger partial charge in [-0.15, -0.1) is 18.2 Å². The minimum absolute atomic E-state index is 0.338. The van der Waals surface area contributed by atoms with E-state index in [0.717, 1.165) is 0 Å². The summed E-state index contributed by atoms with van der Waals surface area (Å²) >= 11 is 5.59. The molecule has 0 saturated heterocycles. The molecule has 0 N–H and O–H groups in total. The average molecular weight is 148 g/mol. The van der Waals surface area contributed by atoms with Crippen molar-refractivity contribution in [3.63, 3.8) is 0 Å². The van der Waals surface area contributed by atoms with Crippen molar-refractivity contribution >= 4 is 11.6 Å². The lowest BCUT2D eigenvalue weighted by atomic mass is 9.99. The highest BCUT2D eigenvalue weighted by atomic mass is 35.5. The van der Waals surface area contributed by atoms with Gasteiger partial charge in [-0.05, 0) is 20.3 Å². The van der Waals surface area contributed by atoms with E-state index in [1.807, 2.05) is 0 Å². The van der Waals surface area contributed by atoms with Gasteiger partial charge in [0.1, 0.15) is 5.60 Å². The molecule has 2 atom stereocenters. The van der Waals surface area contributed by atoms with Gasteiger partial charge in [-0.3, -0.25) is 0 Å². The number of halogens is 1. The number of hydrogen-bond acceptors (Lipinski definition) is 0. The van der Waals surface area contributed by atoms with Gasteiger partial charge in [-0.2, -0.15) is 0 Å². The second-order valence-electron chi connectivity index (χ2n) is 2.42. The van der Waals surface area contributed by atoms with Gasteiger partial charge in [0, 0.05) is 0 Å². The lowest BCUT2D eigenvalue weighted by molar-refractivity contribution is -0.00998. The van der Waals surface area contributed by atoms with E-state index in [1.165, 1.54) is 0 Å². The molecule has 0 amide bonds. The first-order valence-corrected chi connectivity index (χ1v) is 3.39. The molecule has 0 aromatic rings. The summed E-state index contributed by atoms with van der Waals surface area (Å²) in [5.41, 5.74) is -1.05. The van der Waals surface area contributed by atoms with Crippen LogP contribution >= 0.6 is 11.6 Å². The Kier molecular flexibility index (Phi) is 3.23. The zero-order valence-corrected chi connectivity index (χ0v) is 6.61. The van der Waals surface area contributed by atoms with Gasteiger partial charge in [-0.25, -0.2) is 5.11 Å². The van der Waals surface area contributed by atoms with E-state index in [9.17, 15) is 5.11 Å². The van der Waals surface area contributed by atoms with E-state index < -0.39 is 5.60 Å². The highest BCUT2D eigenvalue weighted by Crippen LogP contribution is 2.20. The predicted molar refractivity (Wildman–Crippen MR) is 39.2 cm³/mol. The summed E-state index contributed by atoms with van der Waals surface area (Å²) in [6.07, 6.45) is 2.03. The molecule has 2 heteroatoms. The monoisotopic (exact) mass is 147 g/mol. The molecule has 0 rings (SSSR count). The Bertz CT molecular complexity index is 97.1. The third kappa shape index (κ3) is 2.87. The molecule has 0 aromatic carbocycles. The molecule has 53 valence electrons. The third-order valence-corrected chi connectivity index (χ3v) is 1.85. The quantitative estimate of drug-likeness (QED) is 0.432. The summed E-state index contributed by atoms with van der Waals surface area (Å²) in [5, 5.41) is 10.9. The summed E-state index contributed by atoms with van der Waals surface area (Å²) in [7, 11) is 0. The molecule has 0 bridgehead atoms. The molecule has 9 heavy (non-hydrogen) atoms. The van der Waals surface area contributed by atoms with Crippen molar-refractivity contribution in [1.29, 1.82) is 0 Å². The van der Waals surface area contributed by atoms with E-state index in [1.54, 1.807) is 19.9 Å². The van der Waals surface area contributed by atoms with E-state index in [2.05, 4.69) is 6.58 Å². The zero-order chi connectivity index (χ0) is 7.49. The maximum Gasteiger partial charge on any atom is 0.120 e. The van der Waals surface area contributed by atoms with Crippen molar-refractivity contribution < 1.29 is 5.11 Å². The fourth-order valence-electron chi connectivity index (χ4n) is 0.449. The van der Waals surface area contributed by atoms with Crippen molar-refractivity contribution in [2.24, 2.45) is 0 Å². The molecule has 0 saturated carbocycles. The lowest BCUT2D eigenvalue weighted by Gasteiger charge is -2.20. The van der Waals surface area contributed by atoms with Crippen molar-refractivity contribution in [2.75, 3.05) is 0 Å². The molecule has 0 aliphatic heterocycles. The van der Waals surface area contributed by atoms with Gasteiger partial charge < -0.3 is 0 Å². The van der Waals surface area contributed by atoms with Crippen LogP contribution in [0.15, 0.2) is 12.7 Å². The van der Waals surface area contributed by atoms with Crippen molar-refractivity contribution in [3.8, 4) is 0 Å². The number of hydrogen-bond donors (Lipinski definition) is 0. The Labute approximate surface area is 61.3 Å². The molecule has 0 aliphatic carbocycles. The van der Waals surface area contributed by atoms with Gasteiger partial charge in [0.05, 0.1) is 5.38 Å². The first kappa shape index (κ1) is 8.99. The van der Waals surface area contributed by atoms with Crippen LogP contribution in [0.5, 0.6) is 0 Å². The number of alkyl halides is 1. The van der Waals surface area contributed by atoms with Gasteiger partial charge in [0.15, 0.2) is 0 Å². The predicted octanol–water partition coefficient (Wildman–Crippen LogP) is 2.38. The highest BCUT2D eigenvalue weighted by Gasteiger charge is 2.26. The Morgan fingerprint density at radius 1 is 1.89 bits per heavy atom. The van der Waals surface area contributed by atoms with Gasteiger partial charge in [0.2, 0.25) is 0 Å². The molecule has 0 aromatic heterocycles. The molecular weight excluding hydrogens is 136 g/mol. The van der Waals surface area contributed by atoms with Crippen LogP contribution in [0.25, 0.3) is 0 Å². The van der Waals surface area contributed by atoms with E-state index in [0.29, 0.717) is 6.42 Å². The lowest BCUT2D eigenvalue weighted by Crippen LogP contribution is -2.30. The second-order valence-corrected chi connectivity index (χ2v) is 3.08. The average Bonchev–Trinajstić information content (AvgIpc) is 1.65. The van der Waals surface area contributed by atoms with Crippen LogP contribution in [-0.4, -0.2) is 11.0 Å². The fourth-order valence-corrected chi connectivity index (χ4v) is 0.538. The first-order valence-electron chi connectivity index (χ1n) is 2.96. The molecule has 1 nitrogen and oxygen atoms in total. The molecule has 1 radical (unpaired) electrons. The fraction of sp³-hybridized carbons (Fsp3) is 0.714. The normalized spacial score (nSPS) is 20.4. The Morgan fingerprint density at radius 3 is 2.44 bits per heavy atom. The SMILES string of the molecule is C=CCC(C)([O])C(C)Cl. The van der Waals surface area contributed by atoms with Crippen molar-refractivity contribution in [2.45, 2.75) is 31.2 Å². The standard InChI is InChI=1S/C7H12ClO/c1-4-5-7(3,9)6(2)8/h4,6H,1,5H2,2-3H3. The summed E-state index contributed by atoms with van der Waals surface area (Å²) in [6, 6.07) is 0. The topological polar surface area (TPSA) is 19.9 Å². The van der Waals surface area contributed by atoms with Gasteiger partial charge >= 0.3 is 0 Å². The van der Waals surface area contributed by atoms with Crippen molar-refractivity contribution in [3.05, 3.63) is 12.7 Å². The molecule has 0 aliphatic rings. The Morgan fingerprint density at radius 2 is 2.33 bits per heavy atom. The molecule has 0 spiro atoms. The van der Waals surface area contributed by atoms with E-state index in [-0.39, 0.29) is 5.38 Å². The summed E-state index contributed by atoms with van der Waals surface area (Å²) < 4.78 is 0. The zero-order valence-electron chi connectivity index (χ0n) is 5.86. The van der Waals surface area contributed by atoms with Crippen LogP contribution in [-0.2, 0) is 5.11 Å². The Balaban J connectivity index is 3.84. The van der Waals surface area contributed by atoms with Crippen LogP contribution in [0.4, 0.5) is 0 Å². The maximum atomic E-state index is 11.2. The minimum atomic E-state index is -1.05. The van der Waals surface area contributed by atoms with Crippen molar-refractivity contribution in [1.82, 2.24) is 0 Å². The van der Waals surface area contributed by atoms with E-state index >= 15 is 0 Å². The van der Waals surface area contributed by atoms with Crippen LogP contribution in [0, 0.1) is 0 Å². The maximum absolute atomic E-state index is 11.2.